The van der Waals surface area contributed by atoms with Gasteiger partial charge in [0, 0.05) is 5.41 Å². The van der Waals surface area contributed by atoms with Crippen LogP contribution < -0.4 is 0 Å². The van der Waals surface area contributed by atoms with Gasteiger partial charge in [-0.2, -0.15) is 0 Å². The molecule has 0 N–H and O–H groups in total. The number of hydrogen-bond donors (Lipinski definition) is 0. The molecule has 70 valence electrons. The van der Waals surface area contributed by atoms with E-state index in [1.165, 1.54) is 0 Å². The fourth-order valence-corrected chi connectivity index (χ4v) is 0.701. The van der Waals surface area contributed by atoms with E-state index in [0.717, 1.165) is 11.7 Å². The lowest BCUT2D eigenvalue weighted by molar-refractivity contribution is 0.380. The largest absolute Gasteiger partial charge is 0.445 e. The van der Waals surface area contributed by atoms with Gasteiger partial charge < -0.3 is 4.42 Å². The Balaban J connectivity index is 0.000000561. The lowest BCUT2D eigenvalue weighted by atomic mass is 9.97. The minimum atomic E-state index is 0.0360. The van der Waals surface area contributed by atoms with E-state index in [1.54, 1.807) is 6.20 Å². The zero-order chi connectivity index (χ0) is 9.78. The van der Waals surface area contributed by atoms with Crippen LogP contribution in [0.1, 0.15) is 46.3 Å². The molecule has 0 aliphatic heterocycles. The molecule has 0 aliphatic rings. The molecule has 1 aromatic rings. The highest BCUT2D eigenvalue weighted by atomic mass is 16.4. The topological polar surface area (TPSA) is 26.0 Å². The third kappa shape index (κ3) is 3.07. The van der Waals surface area contributed by atoms with E-state index >= 15 is 0 Å². The van der Waals surface area contributed by atoms with Gasteiger partial charge in [0.1, 0.15) is 5.76 Å². The van der Waals surface area contributed by atoms with Gasteiger partial charge in [-0.05, 0) is 6.92 Å². The molecule has 0 amide bonds. The Morgan fingerprint density at radius 2 is 1.75 bits per heavy atom. The minimum absolute atomic E-state index is 0.0360. The summed E-state index contributed by atoms with van der Waals surface area (Å²) in [6.07, 6.45) is 1.75. The maximum atomic E-state index is 5.34. The fraction of sp³-hybridized carbons (Fsp3) is 0.700. The molecular weight excluding hydrogens is 150 g/mol. The molecule has 0 aliphatic carbocycles. The van der Waals surface area contributed by atoms with Crippen LogP contribution in [0.25, 0.3) is 0 Å². The molecule has 0 saturated carbocycles. The lowest BCUT2D eigenvalue weighted by Crippen LogP contribution is -2.10. The predicted octanol–water partition coefficient (Wildman–Crippen LogP) is 3.31. The average Bonchev–Trinajstić information content (AvgIpc) is 2.39. The average molecular weight is 169 g/mol. The van der Waals surface area contributed by atoms with Crippen LogP contribution in [0.4, 0.5) is 0 Å². The molecule has 1 heterocycles. The molecule has 0 atom stereocenters. The molecule has 0 bridgehead atoms. The summed E-state index contributed by atoms with van der Waals surface area (Å²) in [4.78, 5) is 4.12. The zero-order valence-corrected chi connectivity index (χ0v) is 8.93. The van der Waals surface area contributed by atoms with Crippen molar-refractivity contribution in [1.29, 1.82) is 0 Å². The maximum absolute atomic E-state index is 5.34. The van der Waals surface area contributed by atoms with Crippen molar-refractivity contribution < 1.29 is 4.42 Å². The van der Waals surface area contributed by atoms with Gasteiger partial charge in [-0.3, -0.25) is 0 Å². The zero-order valence-electron chi connectivity index (χ0n) is 8.93. The maximum Gasteiger partial charge on any atom is 0.199 e. The number of aromatic nitrogens is 1. The van der Waals surface area contributed by atoms with Crippen LogP contribution in [0.2, 0.25) is 0 Å². The van der Waals surface area contributed by atoms with E-state index in [4.69, 9.17) is 4.42 Å². The van der Waals surface area contributed by atoms with Gasteiger partial charge in [0.05, 0.1) is 6.20 Å². The van der Waals surface area contributed by atoms with Gasteiger partial charge in [0.15, 0.2) is 5.89 Å². The summed E-state index contributed by atoms with van der Waals surface area (Å²) in [5.41, 5.74) is 0.0360. The summed E-state index contributed by atoms with van der Waals surface area (Å²) in [5, 5.41) is 0. The highest BCUT2D eigenvalue weighted by molar-refractivity contribution is 5.00. The molecule has 12 heavy (non-hydrogen) atoms. The molecule has 2 nitrogen and oxygen atoms in total. The Morgan fingerprint density at radius 3 is 1.92 bits per heavy atom. The van der Waals surface area contributed by atoms with E-state index in [0.29, 0.717) is 0 Å². The summed E-state index contributed by atoms with van der Waals surface area (Å²) < 4.78 is 5.34. The van der Waals surface area contributed by atoms with Crippen LogP contribution in [0.5, 0.6) is 0 Å². The number of aryl methyl sites for hydroxylation is 1. The number of rotatable bonds is 0. The quantitative estimate of drug-likeness (QED) is 0.595. The monoisotopic (exact) mass is 169 g/mol. The Morgan fingerprint density at radius 1 is 1.25 bits per heavy atom. The van der Waals surface area contributed by atoms with Crippen LogP contribution in [0.15, 0.2) is 10.6 Å². The fourth-order valence-electron chi connectivity index (χ4n) is 0.701. The third-order valence-corrected chi connectivity index (χ3v) is 1.26. The van der Waals surface area contributed by atoms with Gasteiger partial charge in [0.2, 0.25) is 0 Å². The van der Waals surface area contributed by atoms with Crippen LogP contribution in [0.3, 0.4) is 0 Å². The second kappa shape index (κ2) is 4.29. The van der Waals surface area contributed by atoms with E-state index in [1.807, 2.05) is 20.8 Å². The van der Waals surface area contributed by atoms with Crippen LogP contribution in [-0.2, 0) is 5.41 Å². The predicted molar refractivity (Wildman–Crippen MR) is 51.3 cm³/mol. The van der Waals surface area contributed by atoms with Crippen molar-refractivity contribution in [1.82, 2.24) is 4.98 Å². The van der Waals surface area contributed by atoms with Crippen molar-refractivity contribution in [2.24, 2.45) is 0 Å². The van der Waals surface area contributed by atoms with Crippen molar-refractivity contribution in [3.63, 3.8) is 0 Å². The Hall–Kier alpha value is -0.790. The summed E-state index contributed by atoms with van der Waals surface area (Å²) in [5.74, 6) is 1.69. The Bertz CT molecular complexity index is 220. The van der Waals surface area contributed by atoms with Gasteiger partial charge >= 0.3 is 0 Å². The second-order valence-corrected chi connectivity index (χ2v) is 3.53. The molecule has 0 spiro atoms. The second-order valence-electron chi connectivity index (χ2n) is 3.53. The van der Waals surface area contributed by atoms with Gasteiger partial charge in [-0.1, -0.05) is 34.6 Å². The molecule has 0 radical (unpaired) electrons. The SMILES string of the molecule is CC.Cc1cnc(C(C)(C)C)o1. The van der Waals surface area contributed by atoms with Crippen molar-refractivity contribution in [2.75, 3.05) is 0 Å². The van der Waals surface area contributed by atoms with Gasteiger partial charge in [-0.15, -0.1) is 0 Å². The molecular formula is C10H19NO. The van der Waals surface area contributed by atoms with E-state index in [-0.39, 0.29) is 5.41 Å². The summed E-state index contributed by atoms with van der Waals surface area (Å²) >= 11 is 0. The Kier molecular flexibility index (Phi) is 4.01. The molecule has 0 fully saturated rings. The highest BCUT2D eigenvalue weighted by Crippen LogP contribution is 2.20. The summed E-state index contributed by atoms with van der Waals surface area (Å²) in [6, 6.07) is 0. The number of hydrogen-bond acceptors (Lipinski definition) is 2. The number of oxazole rings is 1. The minimum Gasteiger partial charge on any atom is -0.445 e. The van der Waals surface area contributed by atoms with E-state index < -0.39 is 0 Å². The molecule has 0 unspecified atom stereocenters. The molecule has 0 aromatic carbocycles. The van der Waals surface area contributed by atoms with Crippen molar-refractivity contribution in [2.45, 2.75) is 47.0 Å². The van der Waals surface area contributed by atoms with Crippen LogP contribution in [-0.4, -0.2) is 4.98 Å². The van der Waals surface area contributed by atoms with Gasteiger partial charge in [-0.25, -0.2) is 4.98 Å². The first kappa shape index (κ1) is 11.2. The standard InChI is InChI=1S/C8H13NO.C2H6/c1-6-5-9-7(10-6)8(2,3)4;1-2/h5H,1-4H3;1-2H3. The molecule has 1 rings (SSSR count). The smallest absolute Gasteiger partial charge is 0.199 e. The molecule has 0 saturated heterocycles. The normalized spacial score (nSPS) is 10.5. The van der Waals surface area contributed by atoms with E-state index in [9.17, 15) is 0 Å². The summed E-state index contributed by atoms with van der Waals surface area (Å²) in [7, 11) is 0. The molecule has 2 heteroatoms. The first-order chi connectivity index (χ1) is 5.50. The first-order valence-electron chi connectivity index (χ1n) is 4.43. The summed E-state index contributed by atoms with van der Waals surface area (Å²) in [6.45, 7) is 12.1. The van der Waals surface area contributed by atoms with Crippen LogP contribution in [0, 0.1) is 6.92 Å². The first-order valence-corrected chi connectivity index (χ1v) is 4.43. The van der Waals surface area contributed by atoms with Crippen molar-refractivity contribution in [3.8, 4) is 0 Å². The van der Waals surface area contributed by atoms with Crippen molar-refractivity contribution >= 4 is 0 Å². The van der Waals surface area contributed by atoms with Gasteiger partial charge in [0.25, 0.3) is 0 Å². The lowest BCUT2D eigenvalue weighted by Gasteiger charge is -2.11. The Labute approximate surface area is 75.0 Å². The highest BCUT2D eigenvalue weighted by Gasteiger charge is 2.18. The third-order valence-electron chi connectivity index (χ3n) is 1.26. The van der Waals surface area contributed by atoms with Crippen molar-refractivity contribution in [3.05, 3.63) is 17.8 Å². The van der Waals surface area contributed by atoms with E-state index in [2.05, 4.69) is 25.8 Å². The molecule has 1 aromatic heterocycles. The number of nitrogens with zero attached hydrogens (tertiary/aromatic N) is 1. The van der Waals surface area contributed by atoms with Crippen LogP contribution >= 0.6 is 0 Å².